The predicted molar refractivity (Wildman–Crippen MR) is 136 cm³/mol. The van der Waals surface area contributed by atoms with Crippen LogP contribution in [0.3, 0.4) is 0 Å². The van der Waals surface area contributed by atoms with E-state index in [9.17, 15) is 9.59 Å². The van der Waals surface area contributed by atoms with Gasteiger partial charge in [0.25, 0.3) is 0 Å². The topological polar surface area (TPSA) is 49.4 Å². The van der Waals surface area contributed by atoms with Crippen LogP contribution in [0.1, 0.15) is 58.9 Å². The maximum absolute atomic E-state index is 13.9. The lowest BCUT2D eigenvalue weighted by atomic mass is 9.98. The van der Waals surface area contributed by atoms with Crippen molar-refractivity contribution in [2.24, 2.45) is 0 Å². The largest absolute Gasteiger partial charge is 0.351 e. The zero-order valence-electron chi connectivity index (χ0n) is 19.6. The number of hydrogen-bond donors (Lipinski definition) is 1. The monoisotopic (exact) mass is 460 g/mol. The molecule has 0 bridgehead atoms. The lowest BCUT2D eigenvalue weighted by Crippen LogP contribution is -2.47. The Balaban J connectivity index is 1.81. The number of hydrogen-bond acceptors (Lipinski definition) is 3. The van der Waals surface area contributed by atoms with Gasteiger partial charge in [-0.05, 0) is 61.7 Å². The number of anilines is 1. The minimum atomic E-state index is -0.724. The highest BCUT2D eigenvalue weighted by Gasteiger charge is 2.35. The van der Waals surface area contributed by atoms with Gasteiger partial charge < -0.3 is 5.32 Å². The van der Waals surface area contributed by atoms with Crippen LogP contribution in [0.4, 0.5) is 5.69 Å². The van der Waals surface area contributed by atoms with Crippen LogP contribution in [-0.4, -0.2) is 17.9 Å². The Morgan fingerprint density at radius 3 is 2.24 bits per heavy atom. The lowest BCUT2D eigenvalue weighted by molar-refractivity contribution is -0.127. The van der Waals surface area contributed by atoms with Gasteiger partial charge in [-0.15, -0.1) is 11.3 Å². The Morgan fingerprint density at radius 2 is 1.64 bits per heavy atom. The third kappa shape index (κ3) is 5.36. The summed E-state index contributed by atoms with van der Waals surface area (Å²) in [6.45, 7) is 6.05. The molecule has 5 heteroatoms. The summed E-state index contributed by atoms with van der Waals surface area (Å²) in [7, 11) is 0. The van der Waals surface area contributed by atoms with Crippen LogP contribution >= 0.6 is 11.3 Å². The smallest absolute Gasteiger partial charge is 0.248 e. The van der Waals surface area contributed by atoms with Gasteiger partial charge in [-0.25, -0.2) is 0 Å². The van der Waals surface area contributed by atoms with Crippen LogP contribution in [0.15, 0.2) is 60.0 Å². The van der Waals surface area contributed by atoms with Gasteiger partial charge in [0.05, 0.1) is 12.1 Å². The summed E-state index contributed by atoms with van der Waals surface area (Å²) in [5, 5.41) is 5.25. The first-order valence-electron chi connectivity index (χ1n) is 11.7. The first-order valence-corrected chi connectivity index (χ1v) is 12.6. The normalized spacial score (nSPS) is 14.8. The summed E-state index contributed by atoms with van der Waals surface area (Å²) < 4.78 is 0. The van der Waals surface area contributed by atoms with Crippen molar-refractivity contribution < 1.29 is 9.59 Å². The molecule has 2 amide bonds. The van der Waals surface area contributed by atoms with Gasteiger partial charge in [-0.2, -0.15) is 0 Å². The molecule has 1 aliphatic rings. The number of carbonyl (C=O) groups is 2. The number of aryl methyl sites for hydroxylation is 3. The molecule has 2 aromatic carbocycles. The molecule has 0 spiro atoms. The first kappa shape index (κ1) is 23.2. The zero-order valence-corrected chi connectivity index (χ0v) is 20.5. The average Bonchev–Trinajstić information content (AvgIpc) is 3.48. The molecule has 1 N–H and O–H groups in total. The van der Waals surface area contributed by atoms with E-state index in [1.54, 1.807) is 16.2 Å². The molecule has 172 valence electrons. The molecule has 1 fully saturated rings. The molecule has 33 heavy (non-hydrogen) atoms. The second-order valence-corrected chi connectivity index (χ2v) is 10.1. The quantitative estimate of drug-likeness (QED) is 0.467. The van der Waals surface area contributed by atoms with E-state index >= 15 is 0 Å². The van der Waals surface area contributed by atoms with Crippen molar-refractivity contribution in [3.63, 3.8) is 0 Å². The third-order valence-electron chi connectivity index (χ3n) is 6.46. The van der Waals surface area contributed by atoms with Gasteiger partial charge in [0, 0.05) is 10.9 Å². The molecule has 1 heterocycles. The van der Waals surface area contributed by atoms with E-state index in [1.165, 1.54) is 0 Å². The Labute approximate surface area is 200 Å². The van der Waals surface area contributed by atoms with E-state index < -0.39 is 6.04 Å². The molecule has 1 atom stereocenters. The molecule has 0 radical (unpaired) electrons. The SMILES string of the molecule is Cc1ccc(C(C(=O)NC2CCCC2)N(C(=O)Cc2cccs2)c2c(C)cccc2C)cc1. The second-order valence-electron chi connectivity index (χ2n) is 9.06. The van der Waals surface area contributed by atoms with E-state index in [1.807, 2.05) is 80.7 Å². The van der Waals surface area contributed by atoms with Crippen molar-refractivity contribution in [1.82, 2.24) is 5.32 Å². The van der Waals surface area contributed by atoms with Crippen LogP contribution < -0.4 is 10.2 Å². The van der Waals surface area contributed by atoms with Crippen LogP contribution in [0.2, 0.25) is 0 Å². The lowest BCUT2D eigenvalue weighted by Gasteiger charge is -2.34. The molecule has 3 aromatic rings. The molecule has 0 saturated heterocycles. The Kier molecular flexibility index (Phi) is 7.29. The second kappa shape index (κ2) is 10.3. The van der Waals surface area contributed by atoms with Crippen LogP contribution in [0, 0.1) is 20.8 Å². The zero-order chi connectivity index (χ0) is 23.4. The van der Waals surface area contributed by atoms with E-state index in [0.29, 0.717) is 0 Å². The standard InChI is InChI=1S/C28H32N2O2S/c1-19-13-15-22(16-14-19)27(28(32)29-23-10-4-5-11-23)30(25(31)18-24-12-7-17-33-24)26-20(2)8-6-9-21(26)3/h6-9,12-17,23,27H,4-5,10-11,18H2,1-3H3,(H,29,32). The molecule has 0 aliphatic heterocycles. The number of nitrogens with zero attached hydrogens (tertiary/aromatic N) is 1. The minimum absolute atomic E-state index is 0.0676. The molecule has 1 aliphatic carbocycles. The first-order chi connectivity index (χ1) is 15.9. The summed E-state index contributed by atoms with van der Waals surface area (Å²) in [6, 6.07) is 17.4. The fourth-order valence-electron chi connectivity index (χ4n) is 4.75. The van der Waals surface area contributed by atoms with Crippen molar-refractivity contribution in [2.45, 2.75) is 65.0 Å². The Bertz CT molecular complexity index is 1080. The Hall–Kier alpha value is -2.92. The van der Waals surface area contributed by atoms with E-state index in [-0.39, 0.29) is 24.3 Å². The molecular formula is C28H32N2O2S. The van der Waals surface area contributed by atoms with E-state index in [2.05, 4.69) is 5.32 Å². The number of amides is 2. The van der Waals surface area contributed by atoms with Gasteiger partial charge in [-0.1, -0.05) is 66.9 Å². The minimum Gasteiger partial charge on any atom is -0.351 e. The molecule has 1 unspecified atom stereocenters. The summed E-state index contributed by atoms with van der Waals surface area (Å²) >= 11 is 1.57. The summed E-state index contributed by atoms with van der Waals surface area (Å²) in [6.07, 6.45) is 4.54. The van der Waals surface area contributed by atoms with Crippen molar-refractivity contribution >= 4 is 28.8 Å². The van der Waals surface area contributed by atoms with Gasteiger partial charge in [0.15, 0.2) is 0 Å². The van der Waals surface area contributed by atoms with Gasteiger partial charge in [0.2, 0.25) is 11.8 Å². The predicted octanol–water partition coefficient (Wildman–Crippen LogP) is 6.05. The van der Waals surface area contributed by atoms with Crippen LogP contribution in [0.25, 0.3) is 0 Å². The highest BCUT2D eigenvalue weighted by molar-refractivity contribution is 7.10. The maximum atomic E-state index is 13.9. The van der Waals surface area contributed by atoms with Gasteiger partial charge in [-0.3, -0.25) is 14.5 Å². The number of carbonyl (C=O) groups excluding carboxylic acids is 2. The summed E-state index contributed by atoms with van der Waals surface area (Å²) in [4.78, 5) is 30.5. The number of thiophene rings is 1. The average molecular weight is 461 g/mol. The summed E-state index contributed by atoms with van der Waals surface area (Å²) in [5.74, 6) is -0.171. The van der Waals surface area contributed by atoms with Crippen molar-refractivity contribution in [3.8, 4) is 0 Å². The fraction of sp³-hybridized carbons (Fsp3) is 0.357. The van der Waals surface area contributed by atoms with E-state index in [4.69, 9.17) is 0 Å². The fourth-order valence-corrected chi connectivity index (χ4v) is 5.44. The van der Waals surface area contributed by atoms with Gasteiger partial charge in [0.1, 0.15) is 6.04 Å². The van der Waals surface area contributed by atoms with Crippen LogP contribution in [-0.2, 0) is 16.0 Å². The third-order valence-corrected chi connectivity index (χ3v) is 7.33. The molecule has 1 saturated carbocycles. The highest BCUT2D eigenvalue weighted by Crippen LogP contribution is 2.34. The van der Waals surface area contributed by atoms with E-state index in [0.717, 1.165) is 58.5 Å². The molecule has 4 nitrogen and oxygen atoms in total. The number of para-hydroxylation sites is 1. The number of benzene rings is 2. The summed E-state index contributed by atoms with van der Waals surface area (Å²) in [5.41, 5.74) is 4.75. The number of nitrogens with one attached hydrogen (secondary N) is 1. The van der Waals surface area contributed by atoms with Crippen molar-refractivity contribution in [3.05, 3.63) is 87.1 Å². The Morgan fingerprint density at radius 1 is 0.970 bits per heavy atom. The van der Waals surface area contributed by atoms with Crippen molar-refractivity contribution in [2.75, 3.05) is 4.90 Å². The highest BCUT2D eigenvalue weighted by atomic mass is 32.1. The molecule has 4 rings (SSSR count). The number of rotatable bonds is 7. The van der Waals surface area contributed by atoms with Crippen molar-refractivity contribution in [1.29, 1.82) is 0 Å². The maximum Gasteiger partial charge on any atom is 0.248 e. The van der Waals surface area contributed by atoms with Crippen LogP contribution in [0.5, 0.6) is 0 Å². The molecule has 1 aromatic heterocycles. The van der Waals surface area contributed by atoms with Gasteiger partial charge >= 0.3 is 0 Å². The molecular weight excluding hydrogens is 428 g/mol.